The fraction of sp³-hybridized carbons (Fsp3) is 0.333. The molecule has 0 unspecified atom stereocenters. The van der Waals surface area contributed by atoms with E-state index >= 15 is 0 Å². The zero-order valence-electron chi connectivity index (χ0n) is 12.0. The topological polar surface area (TPSA) is 57.8 Å². The van der Waals surface area contributed by atoms with Gasteiger partial charge in [0.25, 0.3) is 5.56 Å². The van der Waals surface area contributed by atoms with Crippen molar-refractivity contribution < 1.29 is 0 Å². The lowest BCUT2D eigenvalue weighted by Gasteiger charge is -2.08. The number of rotatable bonds is 6. The van der Waals surface area contributed by atoms with Crippen LogP contribution in [0, 0.1) is 0 Å². The van der Waals surface area contributed by atoms with Gasteiger partial charge in [-0.15, -0.1) is 11.8 Å². The van der Waals surface area contributed by atoms with Gasteiger partial charge in [0.05, 0.1) is 16.5 Å². The molecular weight excluding hydrogens is 306 g/mol. The van der Waals surface area contributed by atoms with Crippen LogP contribution < -0.4 is 10.9 Å². The van der Waals surface area contributed by atoms with Crippen LogP contribution in [0.2, 0.25) is 5.02 Å². The number of benzene rings is 1. The van der Waals surface area contributed by atoms with Gasteiger partial charge < -0.3 is 10.3 Å². The van der Waals surface area contributed by atoms with E-state index < -0.39 is 0 Å². The smallest absolute Gasteiger partial charge is 0.251 e. The van der Waals surface area contributed by atoms with Gasteiger partial charge in [-0.05, 0) is 12.1 Å². The molecule has 21 heavy (non-hydrogen) atoms. The number of nitrogens with one attached hydrogen (secondary N) is 2. The Morgan fingerprint density at radius 3 is 2.86 bits per heavy atom. The summed E-state index contributed by atoms with van der Waals surface area (Å²) in [6, 6.07) is 9.52. The van der Waals surface area contributed by atoms with E-state index in [1.807, 2.05) is 24.3 Å². The molecule has 0 atom stereocenters. The van der Waals surface area contributed by atoms with E-state index in [0.29, 0.717) is 29.2 Å². The largest absolute Gasteiger partial charge is 0.310 e. The number of thioether (sulfide) groups is 1. The molecule has 0 fully saturated rings. The zero-order chi connectivity index (χ0) is 15.2. The summed E-state index contributed by atoms with van der Waals surface area (Å²) in [6.07, 6.45) is 0. The van der Waals surface area contributed by atoms with Gasteiger partial charge in [-0.1, -0.05) is 37.6 Å². The first-order chi connectivity index (χ1) is 10.0. The van der Waals surface area contributed by atoms with Crippen molar-refractivity contribution in [1.82, 2.24) is 15.3 Å². The van der Waals surface area contributed by atoms with Gasteiger partial charge in [0, 0.05) is 23.5 Å². The van der Waals surface area contributed by atoms with E-state index in [-0.39, 0.29) is 5.56 Å². The summed E-state index contributed by atoms with van der Waals surface area (Å²) >= 11 is 7.67. The Morgan fingerprint density at radius 2 is 2.14 bits per heavy atom. The highest BCUT2D eigenvalue weighted by atomic mass is 35.5. The molecule has 0 bridgehead atoms. The van der Waals surface area contributed by atoms with E-state index in [2.05, 4.69) is 29.1 Å². The number of hydrogen-bond donors (Lipinski definition) is 2. The van der Waals surface area contributed by atoms with Crippen LogP contribution >= 0.6 is 23.4 Å². The second-order valence-electron chi connectivity index (χ2n) is 4.94. The van der Waals surface area contributed by atoms with Crippen LogP contribution in [-0.4, -0.2) is 16.0 Å². The molecule has 0 radical (unpaired) electrons. The van der Waals surface area contributed by atoms with Gasteiger partial charge in [0.1, 0.15) is 5.82 Å². The van der Waals surface area contributed by atoms with Crippen molar-refractivity contribution in [2.45, 2.75) is 37.1 Å². The van der Waals surface area contributed by atoms with Crippen molar-refractivity contribution in [2.75, 3.05) is 0 Å². The van der Waals surface area contributed by atoms with Gasteiger partial charge in [0.15, 0.2) is 0 Å². The summed E-state index contributed by atoms with van der Waals surface area (Å²) in [7, 11) is 0. The first-order valence-electron chi connectivity index (χ1n) is 6.74. The van der Waals surface area contributed by atoms with Crippen molar-refractivity contribution in [1.29, 1.82) is 0 Å². The first kappa shape index (κ1) is 16.1. The van der Waals surface area contributed by atoms with Crippen LogP contribution in [-0.2, 0) is 12.3 Å². The average molecular weight is 324 g/mol. The maximum absolute atomic E-state index is 11.7. The maximum Gasteiger partial charge on any atom is 0.251 e. The molecule has 1 heterocycles. The fourth-order valence-electron chi connectivity index (χ4n) is 1.74. The molecular formula is C15H18ClN3OS. The lowest BCUT2D eigenvalue weighted by atomic mass is 10.3. The Balaban J connectivity index is 2.06. The third-order valence-electron chi connectivity index (χ3n) is 2.74. The van der Waals surface area contributed by atoms with Crippen LogP contribution in [0.5, 0.6) is 0 Å². The van der Waals surface area contributed by atoms with E-state index in [4.69, 9.17) is 11.6 Å². The molecule has 1 aromatic heterocycles. The van der Waals surface area contributed by atoms with Crippen LogP contribution in [0.25, 0.3) is 0 Å². The number of nitrogens with zero attached hydrogens (tertiary/aromatic N) is 1. The molecule has 0 saturated carbocycles. The molecule has 2 N–H and O–H groups in total. The van der Waals surface area contributed by atoms with E-state index in [1.54, 1.807) is 11.8 Å². The summed E-state index contributed by atoms with van der Waals surface area (Å²) in [4.78, 5) is 19.9. The number of aromatic nitrogens is 2. The number of H-pyrrole nitrogens is 1. The monoisotopic (exact) mass is 323 g/mol. The van der Waals surface area contributed by atoms with Gasteiger partial charge in [-0.25, -0.2) is 4.98 Å². The SMILES string of the molecule is CC(C)NCc1cc(=O)[nH]c(CSc2ccccc2Cl)n1. The number of hydrogen-bond acceptors (Lipinski definition) is 4. The van der Waals surface area contributed by atoms with Crippen LogP contribution in [0.4, 0.5) is 0 Å². The van der Waals surface area contributed by atoms with Gasteiger partial charge in [0.2, 0.25) is 0 Å². The molecule has 6 heteroatoms. The summed E-state index contributed by atoms with van der Waals surface area (Å²) < 4.78 is 0. The minimum absolute atomic E-state index is 0.125. The molecule has 0 amide bonds. The molecule has 0 saturated heterocycles. The van der Waals surface area contributed by atoms with Gasteiger partial charge in [-0.2, -0.15) is 0 Å². The van der Waals surface area contributed by atoms with Gasteiger partial charge >= 0.3 is 0 Å². The van der Waals surface area contributed by atoms with Crippen LogP contribution in [0.3, 0.4) is 0 Å². The number of halogens is 1. The third-order valence-corrected chi connectivity index (χ3v) is 4.26. The molecule has 0 aliphatic rings. The molecule has 0 aliphatic carbocycles. The summed E-state index contributed by atoms with van der Waals surface area (Å²) in [5, 5.41) is 3.97. The normalized spacial score (nSPS) is 11.0. The highest BCUT2D eigenvalue weighted by molar-refractivity contribution is 7.98. The quantitative estimate of drug-likeness (QED) is 0.801. The summed E-state index contributed by atoms with van der Waals surface area (Å²) in [6.45, 7) is 4.70. The standard InChI is InChI=1S/C15H18ClN3OS/c1-10(2)17-8-11-7-15(20)19-14(18-11)9-21-13-6-4-3-5-12(13)16/h3-7,10,17H,8-9H2,1-2H3,(H,18,19,20). The second kappa shape index (κ2) is 7.64. The summed E-state index contributed by atoms with van der Waals surface area (Å²) in [5.41, 5.74) is 0.627. The predicted molar refractivity (Wildman–Crippen MR) is 87.8 cm³/mol. The van der Waals surface area contributed by atoms with Crippen LogP contribution in [0.15, 0.2) is 40.0 Å². The Bertz CT molecular complexity index is 657. The van der Waals surface area contributed by atoms with E-state index in [9.17, 15) is 4.79 Å². The lowest BCUT2D eigenvalue weighted by Crippen LogP contribution is -2.24. The van der Waals surface area contributed by atoms with E-state index in [1.165, 1.54) is 6.07 Å². The molecule has 0 aliphatic heterocycles. The molecule has 0 spiro atoms. The summed E-state index contributed by atoms with van der Waals surface area (Å²) in [5.74, 6) is 1.24. The molecule has 2 aromatic rings. The van der Waals surface area contributed by atoms with Crippen LogP contribution in [0.1, 0.15) is 25.4 Å². The second-order valence-corrected chi connectivity index (χ2v) is 6.36. The lowest BCUT2D eigenvalue weighted by molar-refractivity contribution is 0.579. The number of aromatic amines is 1. The highest BCUT2D eigenvalue weighted by Gasteiger charge is 2.05. The van der Waals surface area contributed by atoms with Crippen molar-refractivity contribution in [3.05, 3.63) is 57.2 Å². The predicted octanol–water partition coefficient (Wildman–Crippen LogP) is 3.21. The minimum Gasteiger partial charge on any atom is -0.310 e. The Morgan fingerprint density at radius 1 is 1.38 bits per heavy atom. The average Bonchev–Trinajstić information content (AvgIpc) is 2.44. The van der Waals surface area contributed by atoms with Crippen molar-refractivity contribution >= 4 is 23.4 Å². The minimum atomic E-state index is -0.125. The van der Waals surface area contributed by atoms with Crippen molar-refractivity contribution in [3.8, 4) is 0 Å². The Kier molecular flexibility index (Phi) is 5.85. The Labute approximate surface area is 133 Å². The molecule has 112 valence electrons. The highest BCUT2D eigenvalue weighted by Crippen LogP contribution is 2.28. The molecule has 4 nitrogen and oxygen atoms in total. The Hall–Kier alpha value is -1.30. The fourth-order valence-corrected chi connectivity index (χ4v) is 2.85. The molecule has 2 rings (SSSR count). The van der Waals surface area contributed by atoms with Gasteiger partial charge in [-0.3, -0.25) is 4.79 Å². The zero-order valence-corrected chi connectivity index (χ0v) is 13.6. The maximum atomic E-state index is 11.7. The van der Waals surface area contributed by atoms with E-state index in [0.717, 1.165) is 10.6 Å². The first-order valence-corrected chi connectivity index (χ1v) is 8.11. The molecule has 1 aromatic carbocycles. The third kappa shape index (κ3) is 5.19. The van der Waals surface area contributed by atoms with Crippen molar-refractivity contribution in [3.63, 3.8) is 0 Å². The van der Waals surface area contributed by atoms with Crippen molar-refractivity contribution in [2.24, 2.45) is 0 Å².